The Balaban J connectivity index is 1.86. The van der Waals surface area contributed by atoms with Gasteiger partial charge in [-0.25, -0.2) is 0 Å². The van der Waals surface area contributed by atoms with E-state index >= 15 is 0 Å². The quantitative estimate of drug-likeness (QED) is 0.630. The molecular formula is C15H23ClN2. The minimum atomic E-state index is 0.384. The second-order valence-electron chi connectivity index (χ2n) is 5.43. The predicted molar refractivity (Wildman–Crippen MR) is 77.5 cm³/mol. The summed E-state index contributed by atoms with van der Waals surface area (Å²) in [5.41, 5.74) is 4.28. The average molecular weight is 267 g/mol. The number of halogens is 1. The Hall–Kier alpha value is -0.570. The van der Waals surface area contributed by atoms with Crippen LogP contribution < -0.4 is 11.3 Å². The zero-order valence-corrected chi connectivity index (χ0v) is 11.6. The zero-order valence-electron chi connectivity index (χ0n) is 10.9. The van der Waals surface area contributed by atoms with Crippen LogP contribution in [0.15, 0.2) is 24.3 Å². The van der Waals surface area contributed by atoms with Crippen LogP contribution in [0.1, 0.15) is 44.1 Å². The van der Waals surface area contributed by atoms with Crippen LogP contribution in [-0.2, 0) is 6.42 Å². The van der Waals surface area contributed by atoms with Crippen molar-refractivity contribution in [3.63, 3.8) is 0 Å². The van der Waals surface area contributed by atoms with Crippen molar-refractivity contribution in [2.24, 2.45) is 11.8 Å². The second-order valence-corrected chi connectivity index (χ2v) is 5.87. The van der Waals surface area contributed by atoms with Crippen LogP contribution in [0.3, 0.4) is 0 Å². The number of nitrogens with two attached hydrogens (primary N) is 1. The molecule has 0 saturated heterocycles. The largest absolute Gasteiger partial charge is 0.271 e. The zero-order chi connectivity index (χ0) is 12.8. The topological polar surface area (TPSA) is 38.0 Å². The van der Waals surface area contributed by atoms with Crippen molar-refractivity contribution in [2.75, 3.05) is 0 Å². The first-order valence-electron chi connectivity index (χ1n) is 6.98. The summed E-state index contributed by atoms with van der Waals surface area (Å²) in [7, 11) is 0. The van der Waals surface area contributed by atoms with E-state index in [0.29, 0.717) is 6.04 Å². The Bertz CT molecular complexity index is 344. The van der Waals surface area contributed by atoms with Gasteiger partial charge in [0.15, 0.2) is 0 Å². The Morgan fingerprint density at radius 2 is 1.83 bits per heavy atom. The number of nitrogens with one attached hydrogen (secondary N) is 1. The Morgan fingerprint density at radius 1 is 1.17 bits per heavy atom. The third-order valence-electron chi connectivity index (χ3n) is 3.97. The molecule has 3 heteroatoms. The number of rotatable bonds is 5. The summed E-state index contributed by atoms with van der Waals surface area (Å²) < 4.78 is 0. The van der Waals surface area contributed by atoms with E-state index in [1.54, 1.807) is 0 Å². The maximum atomic E-state index is 5.90. The lowest BCUT2D eigenvalue weighted by Crippen LogP contribution is -2.38. The SMILES string of the molecule is NNC(Cc1ccc(Cl)cc1)CC1CCCCC1. The molecule has 18 heavy (non-hydrogen) atoms. The van der Waals surface area contributed by atoms with Gasteiger partial charge in [-0.3, -0.25) is 11.3 Å². The predicted octanol–water partition coefficient (Wildman–Crippen LogP) is 3.68. The lowest BCUT2D eigenvalue weighted by Gasteiger charge is -2.26. The fourth-order valence-corrected chi connectivity index (χ4v) is 3.07. The van der Waals surface area contributed by atoms with Crippen LogP contribution in [0.5, 0.6) is 0 Å². The highest BCUT2D eigenvalue weighted by atomic mass is 35.5. The van der Waals surface area contributed by atoms with Gasteiger partial charge in [-0.05, 0) is 36.5 Å². The highest BCUT2D eigenvalue weighted by Gasteiger charge is 2.18. The molecule has 1 saturated carbocycles. The fourth-order valence-electron chi connectivity index (χ4n) is 2.94. The van der Waals surface area contributed by atoms with E-state index in [9.17, 15) is 0 Å². The molecule has 2 rings (SSSR count). The summed E-state index contributed by atoms with van der Waals surface area (Å²) in [4.78, 5) is 0. The van der Waals surface area contributed by atoms with Crippen molar-refractivity contribution in [3.8, 4) is 0 Å². The van der Waals surface area contributed by atoms with E-state index < -0.39 is 0 Å². The summed E-state index contributed by atoms with van der Waals surface area (Å²) in [6.45, 7) is 0. The number of hydrogen-bond acceptors (Lipinski definition) is 2. The summed E-state index contributed by atoms with van der Waals surface area (Å²) >= 11 is 5.90. The molecule has 1 unspecified atom stereocenters. The van der Waals surface area contributed by atoms with E-state index in [-0.39, 0.29) is 0 Å². The third kappa shape index (κ3) is 4.27. The smallest absolute Gasteiger partial charge is 0.0406 e. The van der Waals surface area contributed by atoms with Gasteiger partial charge in [0.25, 0.3) is 0 Å². The lowest BCUT2D eigenvalue weighted by molar-refractivity contribution is 0.298. The molecule has 0 amide bonds. The van der Waals surface area contributed by atoms with Crippen LogP contribution in [-0.4, -0.2) is 6.04 Å². The van der Waals surface area contributed by atoms with E-state index in [1.165, 1.54) is 44.1 Å². The minimum Gasteiger partial charge on any atom is -0.271 e. The molecule has 1 aliphatic rings. The van der Waals surface area contributed by atoms with Crippen LogP contribution in [0.25, 0.3) is 0 Å². The van der Waals surface area contributed by atoms with E-state index in [1.807, 2.05) is 12.1 Å². The van der Waals surface area contributed by atoms with Gasteiger partial charge in [-0.1, -0.05) is 55.8 Å². The number of benzene rings is 1. The van der Waals surface area contributed by atoms with Gasteiger partial charge < -0.3 is 0 Å². The van der Waals surface area contributed by atoms with Crippen molar-refractivity contribution in [3.05, 3.63) is 34.9 Å². The van der Waals surface area contributed by atoms with Gasteiger partial charge in [-0.15, -0.1) is 0 Å². The van der Waals surface area contributed by atoms with Gasteiger partial charge in [0.1, 0.15) is 0 Å². The molecule has 3 N–H and O–H groups in total. The molecule has 100 valence electrons. The highest BCUT2D eigenvalue weighted by molar-refractivity contribution is 6.30. The molecule has 1 aliphatic carbocycles. The Labute approximate surface area is 115 Å². The van der Waals surface area contributed by atoms with Crippen LogP contribution in [0.2, 0.25) is 5.02 Å². The van der Waals surface area contributed by atoms with Crippen LogP contribution >= 0.6 is 11.6 Å². The van der Waals surface area contributed by atoms with E-state index in [4.69, 9.17) is 17.4 Å². The van der Waals surface area contributed by atoms with Crippen molar-refractivity contribution in [1.82, 2.24) is 5.43 Å². The first kappa shape index (κ1) is 13.9. The molecule has 0 aliphatic heterocycles. The number of hydrazine groups is 1. The van der Waals surface area contributed by atoms with Gasteiger partial charge >= 0.3 is 0 Å². The van der Waals surface area contributed by atoms with Crippen molar-refractivity contribution < 1.29 is 0 Å². The first-order chi connectivity index (χ1) is 8.78. The van der Waals surface area contributed by atoms with Gasteiger partial charge in [-0.2, -0.15) is 0 Å². The minimum absolute atomic E-state index is 0.384. The summed E-state index contributed by atoms with van der Waals surface area (Å²) in [5.74, 6) is 6.55. The van der Waals surface area contributed by atoms with Gasteiger partial charge in [0.2, 0.25) is 0 Å². The molecule has 0 heterocycles. The molecule has 0 spiro atoms. The standard InChI is InChI=1S/C15H23ClN2/c16-14-8-6-13(7-9-14)11-15(18-17)10-12-4-2-1-3-5-12/h6-9,12,15,18H,1-5,10-11,17H2. The lowest BCUT2D eigenvalue weighted by atomic mass is 9.84. The third-order valence-corrected chi connectivity index (χ3v) is 4.23. The first-order valence-corrected chi connectivity index (χ1v) is 7.36. The maximum absolute atomic E-state index is 5.90. The van der Waals surface area contributed by atoms with Crippen LogP contribution in [0, 0.1) is 5.92 Å². The fraction of sp³-hybridized carbons (Fsp3) is 0.600. The molecule has 1 aromatic rings. The van der Waals surface area contributed by atoms with Gasteiger partial charge in [0.05, 0.1) is 0 Å². The summed E-state index contributed by atoms with van der Waals surface area (Å²) in [6, 6.07) is 8.46. The van der Waals surface area contributed by atoms with E-state index in [0.717, 1.165) is 17.4 Å². The second kappa shape index (κ2) is 7.13. The van der Waals surface area contributed by atoms with Crippen LogP contribution in [0.4, 0.5) is 0 Å². The molecular weight excluding hydrogens is 244 g/mol. The molecule has 1 fully saturated rings. The maximum Gasteiger partial charge on any atom is 0.0406 e. The molecule has 0 radical (unpaired) electrons. The average Bonchev–Trinajstić information content (AvgIpc) is 2.41. The number of hydrogen-bond donors (Lipinski definition) is 2. The Kier molecular flexibility index (Phi) is 5.48. The molecule has 1 atom stereocenters. The van der Waals surface area contributed by atoms with Gasteiger partial charge in [0, 0.05) is 11.1 Å². The summed E-state index contributed by atoms with van der Waals surface area (Å²) in [5, 5.41) is 0.795. The van der Waals surface area contributed by atoms with E-state index in [2.05, 4.69) is 17.6 Å². The normalized spacial score (nSPS) is 18.8. The molecule has 0 bridgehead atoms. The Morgan fingerprint density at radius 3 is 2.44 bits per heavy atom. The molecule has 1 aromatic carbocycles. The molecule has 2 nitrogen and oxygen atoms in total. The van der Waals surface area contributed by atoms with Crippen molar-refractivity contribution in [1.29, 1.82) is 0 Å². The van der Waals surface area contributed by atoms with Crippen molar-refractivity contribution in [2.45, 2.75) is 51.0 Å². The summed E-state index contributed by atoms with van der Waals surface area (Å²) in [6.07, 6.45) is 9.13. The highest BCUT2D eigenvalue weighted by Crippen LogP contribution is 2.28. The van der Waals surface area contributed by atoms with Crippen molar-refractivity contribution >= 4 is 11.6 Å². The monoisotopic (exact) mass is 266 g/mol. The molecule has 0 aromatic heterocycles.